The zero-order chi connectivity index (χ0) is 13.1. The minimum Gasteiger partial charge on any atom is -0.314 e. The van der Waals surface area contributed by atoms with Crippen molar-refractivity contribution in [2.45, 2.75) is 6.04 Å². The molecule has 0 unspecified atom stereocenters. The molecule has 0 aromatic heterocycles. The van der Waals surface area contributed by atoms with Crippen LogP contribution >= 0.6 is 36.4 Å². The first-order valence-electron chi connectivity index (χ1n) is 5.86. The van der Waals surface area contributed by atoms with E-state index < -0.39 is 17.7 Å². The lowest BCUT2D eigenvalue weighted by atomic mass is 10.0. The Morgan fingerprint density at radius 1 is 1.25 bits per heavy atom. The molecule has 1 aliphatic rings. The number of halogens is 5. The maximum Gasteiger partial charge on any atom is 0.149 e. The Morgan fingerprint density at radius 3 is 2.40 bits per heavy atom. The van der Waals surface area contributed by atoms with Gasteiger partial charge in [-0.3, -0.25) is 4.90 Å². The molecule has 0 amide bonds. The third-order valence-electron chi connectivity index (χ3n) is 3.14. The fourth-order valence-electron chi connectivity index (χ4n) is 2.22. The molecule has 1 fully saturated rings. The number of benzene rings is 1. The summed E-state index contributed by atoms with van der Waals surface area (Å²) in [4.78, 5) is 1.99. The summed E-state index contributed by atoms with van der Waals surface area (Å²) in [5, 5.41) is 3.13. The highest BCUT2D eigenvalue weighted by Gasteiger charge is 2.26. The van der Waals surface area contributed by atoms with Gasteiger partial charge in [0.25, 0.3) is 0 Å². The van der Waals surface area contributed by atoms with Gasteiger partial charge >= 0.3 is 0 Å². The first-order valence-corrected chi connectivity index (χ1v) is 6.23. The largest absolute Gasteiger partial charge is 0.314 e. The Labute approximate surface area is 135 Å². The summed E-state index contributed by atoms with van der Waals surface area (Å²) in [5.41, 5.74) is -0.0144. The molecule has 20 heavy (non-hydrogen) atoms. The molecule has 0 saturated carbocycles. The number of hydrogen-bond acceptors (Lipinski definition) is 2. The lowest BCUT2D eigenvalue weighted by Gasteiger charge is -2.33. The van der Waals surface area contributed by atoms with Gasteiger partial charge in [0.1, 0.15) is 11.6 Å². The molecule has 1 atom stereocenters. The van der Waals surface area contributed by atoms with Crippen LogP contribution < -0.4 is 5.32 Å². The predicted octanol–water partition coefficient (Wildman–Crippen LogP) is 3.59. The van der Waals surface area contributed by atoms with Crippen LogP contribution in [-0.4, -0.2) is 31.1 Å². The first kappa shape index (κ1) is 19.6. The smallest absolute Gasteiger partial charge is 0.149 e. The van der Waals surface area contributed by atoms with Crippen molar-refractivity contribution in [3.8, 4) is 0 Å². The molecule has 2 nitrogen and oxygen atoms in total. The molecule has 1 N–H and O–H groups in total. The monoisotopic (exact) mass is 344 g/mol. The van der Waals surface area contributed by atoms with E-state index in [4.69, 9.17) is 11.6 Å². The van der Waals surface area contributed by atoms with E-state index in [0.29, 0.717) is 0 Å². The van der Waals surface area contributed by atoms with Gasteiger partial charge in [0.15, 0.2) is 0 Å². The zero-order valence-corrected chi connectivity index (χ0v) is 13.1. The van der Waals surface area contributed by atoms with E-state index in [1.54, 1.807) is 6.08 Å². The molecule has 1 aromatic rings. The molecule has 0 spiro atoms. The summed E-state index contributed by atoms with van der Waals surface area (Å²) in [6.07, 6.45) is 1.56. The number of nitrogens with zero attached hydrogens (tertiary/aromatic N) is 1. The van der Waals surface area contributed by atoms with Gasteiger partial charge in [0.2, 0.25) is 0 Å². The van der Waals surface area contributed by atoms with Crippen molar-refractivity contribution in [1.82, 2.24) is 10.2 Å². The Hall–Kier alpha value is -0.390. The third-order valence-corrected chi connectivity index (χ3v) is 3.44. The first-order chi connectivity index (χ1) is 8.65. The van der Waals surface area contributed by atoms with E-state index in [9.17, 15) is 8.78 Å². The van der Waals surface area contributed by atoms with Crippen LogP contribution in [0.15, 0.2) is 24.8 Å². The van der Waals surface area contributed by atoms with Gasteiger partial charge in [-0.05, 0) is 12.1 Å². The Balaban J connectivity index is 0.00000180. The third kappa shape index (κ3) is 4.06. The lowest BCUT2D eigenvalue weighted by Crippen LogP contribution is -2.45. The van der Waals surface area contributed by atoms with Crippen molar-refractivity contribution in [2.75, 3.05) is 26.2 Å². The molecule has 1 saturated heterocycles. The van der Waals surface area contributed by atoms with E-state index in [1.807, 2.05) is 4.90 Å². The van der Waals surface area contributed by atoms with E-state index in [1.165, 1.54) is 12.1 Å². The SMILES string of the molecule is C=C[C@H](c1c(F)ccc(Cl)c1F)N1CCNCC1.Cl.Cl. The summed E-state index contributed by atoms with van der Waals surface area (Å²) in [5.74, 6) is -1.28. The maximum absolute atomic E-state index is 14.0. The molecule has 0 aliphatic carbocycles. The fraction of sp³-hybridized carbons (Fsp3) is 0.385. The highest BCUT2D eigenvalue weighted by Crippen LogP contribution is 2.30. The van der Waals surface area contributed by atoms with Crippen LogP contribution in [0.4, 0.5) is 8.78 Å². The van der Waals surface area contributed by atoms with Crippen molar-refractivity contribution >= 4 is 36.4 Å². The molecule has 0 radical (unpaired) electrons. The minimum atomic E-state index is -0.694. The number of nitrogens with one attached hydrogen (secondary N) is 1. The standard InChI is InChI=1S/C13H15ClF2N2.2ClH/c1-2-11(18-7-5-17-6-8-18)12-10(15)4-3-9(14)13(12)16;;/h2-4,11,17H,1,5-8H2;2*1H/t11-;;/m1../s1. The van der Waals surface area contributed by atoms with Gasteiger partial charge in [-0.15, -0.1) is 31.4 Å². The van der Waals surface area contributed by atoms with Crippen LogP contribution in [0, 0.1) is 11.6 Å². The van der Waals surface area contributed by atoms with Crippen LogP contribution in [0.1, 0.15) is 11.6 Å². The number of piperazine rings is 1. The normalized spacial score (nSPS) is 16.8. The van der Waals surface area contributed by atoms with Crippen molar-refractivity contribution in [1.29, 1.82) is 0 Å². The quantitative estimate of drug-likeness (QED) is 0.665. The molecule has 1 heterocycles. The Bertz CT molecular complexity index is 451. The van der Waals surface area contributed by atoms with Crippen LogP contribution in [0.5, 0.6) is 0 Å². The summed E-state index contributed by atoms with van der Waals surface area (Å²) < 4.78 is 27.8. The lowest BCUT2D eigenvalue weighted by molar-refractivity contribution is 0.197. The topological polar surface area (TPSA) is 15.3 Å². The van der Waals surface area contributed by atoms with Crippen LogP contribution in [0.3, 0.4) is 0 Å². The number of rotatable bonds is 3. The Kier molecular flexibility index (Phi) is 8.63. The second-order valence-electron chi connectivity index (χ2n) is 4.22. The van der Waals surface area contributed by atoms with Gasteiger partial charge < -0.3 is 5.32 Å². The molecular formula is C13H17Cl3F2N2. The molecule has 114 valence electrons. The number of hydrogen-bond donors (Lipinski definition) is 1. The van der Waals surface area contributed by atoms with Crippen molar-refractivity contribution in [2.24, 2.45) is 0 Å². The highest BCUT2D eigenvalue weighted by molar-refractivity contribution is 6.30. The fourth-order valence-corrected chi connectivity index (χ4v) is 2.39. The van der Waals surface area contributed by atoms with E-state index in [2.05, 4.69) is 11.9 Å². The van der Waals surface area contributed by atoms with Gasteiger partial charge in [-0.25, -0.2) is 8.78 Å². The highest BCUT2D eigenvalue weighted by atomic mass is 35.5. The van der Waals surface area contributed by atoms with Gasteiger partial charge in [0, 0.05) is 31.7 Å². The summed E-state index contributed by atoms with van der Waals surface area (Å²) in [7, 11) is 0. The molecule has 0 bridgehead atoms. The molecule has 1 aromatic carbocycles. The van der Waals surface area contributed by atoms with Crippen LogP contribution in [0.25, 0.3) is 0 Å². The second-order valence-corrected chi connectivity index (χ2v) is 4.63. The van der Waals surface area contributed by atoms with Crippen LogP contribution in [-0.2, 0) is 0 Å². The minimum absolute atomic E-state index is 0. The molecular weight excluding hydrogens is 329 g/mol. The van der Waals surface area contributed by atoms with E-state index >= 15 is 0 Å². The average molecular weight is 346 g/mol. The predicted molar refractivity (Wildman–Crippen MR) is 83.2 cm³/mol. The molecule has 1 aliphatic heterocycles. The van der Waals surface area contributed by atoms with E-state index in [0.717, 1.165) is 26.2 Å². The van der Waals surface area contributed by atoms with Crippen LogP contribution in [0.2, 0.25) is 5.02 Å². The summed E-state index contributed by atoms with van der Waals surface area (Å²) in [6.45, 7) is 6.73. The summed E-state index contributed by atoms with van der Waals surface area (Å²) in [6, 6.07) is 1.94. The van der Waals surface area contributed by atoms with Crippen molar-refractivity contribution in [3.05, 3.63) is 47.0 Å². The second kappa shape index (κ2) is 8.80. The van der Waals surface area contributed by atoms with E-state index in [-0.39, 0.29) is 35.4 Å². The average Bonchev–Trinajstić information content (AvgIpc) is 2.40. The van der Waals surface area contributed by atoms with Gasteiger partial charge in [-0.1, -0.05) is 17.7 Å². The Morgan fingerprint density at radius 2 is 1.85 bits per heavy atom. The maximum atomic E-state index is 14.0. The van der Waals surface area contributed by atoms with Crippen molar-refractivity contribution < 1.29 is 8.78 Å². The van der Waals surface area contributed by atoms with Crippen molar-refractivity contribution in [3.63, 3.8) is 0 Å². The van der Waals surface area contributed by atoms with Gasteiger partial charge in [0.05, 0.1) is 11.1 Å². The zero-order valence-electron chi connectivity index (χ0n) is 10.7. The molecule has 7 heteroatoms. The molecule has 2 rings (SSSR count). The summed E-state index contributed by atoms with van der Waals surface area (Å²) >= 11 is 5.72. The van der Waals surface area contributed by atoms with Gasteiger partial charge in [-0.2, -0.15) is 0 Å².